The number of allylic oxidation sites excluding steroid dienone is 2. The highest BCUT2D eigenvalue weighted by atomic mass is 16.5. The van der Waals surface area contributed by atoms with E-state index in [-0.39, 0.29) is 23.0 Å². The maximum Gasteiger partial charge on any atom is 0.159 e. The van der Waals surface area contributed by atoms with Crippen LogP contribution in [0.4, 0.5) is 0 Å². The van der Waals surface area contributed by atoms with Crippen molar-refractivity contribution in [3.63, 3.8) is 0 Å². The van der Waals surface area contributed by atoms with E-state index in [4.69, 9.17) is 9.47 Å². The second kappa shape index (κ2) is 8.81. The van der Waals surface area contributed by atoms with Gasteiger partial charge in [-0.3, -0.25) is 4.79 Å². The van der Waals surface area contributed by atoms with Gasteiger partial charge in [0.05, 0.1) is 14.2 Å². The Labute approximate surface area is 184 Å². The van der Waals surface area contributed by atoms with E-state index >= 15 is 0 Å². The second-order valence-corrected chi connectivity index (χ2v) is 8.12. The molecule has 3 heteroatoms. The van der Waals surface area contributed by atoms with E-state index in [1.165, 1.54) is 11.1 Å². The lowest BCUT2D eigenvalue weighted by molar-refractivity contribution is -0.116. The van der Waals surface area contributed by atoms with Crippen LogP contribution in [0.15, 0.2) is 91.0 Å². The molecule has 1 aliphatic carbocycles. The van der Waals surface area contributed by atoms with Crippen LogP contribution in [0.25, 0.3) is 0 Å². The van der Waals surface area contributed by atoms with E-state index in [2.05, 4.69) is 31.2 Å². The fraction of sp³-hybridized carbons (Fsp3) is 0.250. The third kappa shape index (κ3) is 4.00. The first-order valence-corrected chi connectivity index (χ1v) is 10.6. The number of methoxy groups -OCH3 is 2. The predicted molar refractivity (Wildman–Crippen MR) is 124 cm³/mol. The van der Waals surface area contributed by atoms with Crippen LogP contribution >= 0.6 is 0 Å². The summed E-state index contributed by atoms with van der Waals surface area (Å²) in [7, 11) is 3.29. The summed E-state index contributed by atoms with van der Waals surface area (Å²) in [5.41, 5.74) is 3.21. The van der Waals surface area contributed by atoms with Gasteiger partial charge in [0.1, 0.15) is 11.5 Å². The van der Waals surface area contributed by atoms with Gasteiger partial charge in [-0.15, -0.1) is 0 Å². The molecule has 1 saturated carbocycles. The standard InChI is InChI=1S/C28H28O3/c1-20(24-16-15-23(30-2)18-27(24)31-3)14-17-26(29)25-19-28(25,21-10-6-4-7-11-21)22-12-8-5-9-13-22/h4-18,20,25H,19H2,1-3H3/b17-14+. The Balaban J connectivity index is 1.57. The third-order valence-electron chi connectivity index (χ3n) is 6.36. The van der Waals surface area contributed by atoms with E-state index in [1.807, 2.05) is 60.7 Å². The average molecular weight is 413 g/mol. The molecular formula is C28H28O3. The molecule has 3 aromatic carbocycles. The summed E-state index contributed by atoms with van der Waals surface area (Å²) in [6.07, 6.45) is 4.57. The number of benzene rings is 3. The molecule has 2 atom stereocenters. The molecule has 0 N–H and O–H groups in total. The molecule has 3 aromatic rings. The van der Waals surface area contributed by atoms with Crippen molar-refractivity contribution in [1.29, 1.82) is 0 Å². The molecular weight excluding hydrogens is 384 g/mol. The molecule has 0 amide bonds. The smallest absolute Gasteiger partial charge is 0.159 e. The van der Waals surface area contributed by atoms with Gasteiger partial charge in [0.25, 0.3) is 0 Å². The van der Waals surface area contributed by atoms with Crippen molar-refractivity contribution in [3.8, 4) is 11.5 Å². The summed E-state index contributed by atoms with van der Waals surface area (Å²) in [6.45, 7) is 2.07. The maximum atomic E-state index is 13.2. The highest BCUT2D eigenvalue weighted by molar-refractivity contribution is 5.96. The van der Waals surface area contributed by atoms with Crippen LogP contribution in [0.5, 0.6) is 11.5 Å². The van der Waals surface area contributed by atoms with Crippen LogP contribution in [0.2, 0.25) is 0 Å². The van der Waals surface area contributed by atoms with Crippen LogP contribution in [0, 0.1) is 5.92 Å². The van der Waals surface area contributed by atoms with Crippen molar-refractivity contribution >= 4 is 5.78 Å². The Morgan fingerprint density at radius 2 is 1.55 bits per heavy atom. The normalized spacial score (nSPS) is 17.8. The predicted octanol–water partition coefficient (Wildman–Crippen LogP) is 5.94. The number of hydrogen-bond acceptors (Lipinski definition) is 3. The number of rotatable bonds is 8. The Morgan fingerprint density at radius 1 is 0.935 bits per heavy atom. The fourth-order valence-corrected chi connectivity index (χ4v) is 4.54. The minimum atomic E-state index is -0.231. The van der Waals surface area contributed by atoms with Crippen molar-refractivity contribution in [2.75, 3.05) is 14.2 Å². The zero-order chi connectivity index (χ0) is 21.8. The van der Waals surface area contributed by atoms with Crippen LogP contribution in [-0.4, -0.2) is 20.0 Å². The summed E-state index contributed by atoms with van der Waals surface area (Å²) < 4.78 is 10.8. The van der Waals surface area contributed by atoms with Gasteiger partial charge >= 0.3 is 0 Å². The van der Waals surface area contributed by atoms with Crippen LogP contribution in [0.3, 0.4) is 0 Å². The zero-order valence-corrected chi connectivity index (χ0v) is 18.2. The van der Waals surface area contributed by atoms with E-state index in [1.54, 1.807) is 20.3 Å². The summed E-state index contributed by atoms with van der Waals surface area (Å²) in [4.78, 5) is 13.2. The Bertz CT molecular complexity index is 1030. The minimum Gasteiger partial charge on any atom is -0.497 e. The lowest BCUT2D eigenvalue weighted by Gasteiger charge is -2.18. The zero-order valence-electron chi connectivity index (χ0n) is 18.2. The van der Waals surface area contributed by atoms with Gasteiger partial charge in [0.2, 0.25) is 0 Å². The van der Waals surface area contributed by atoms with Gasteiger partial charge in [-0.2, -0.15) is 0 Å². The van der Waals surface area contributed by atoms with Crippen molar-refractivity contribution in [3.05, 3.63) is 108 Å². The molecule has 0 aromatic heterocycles. The average Bonchev–Trinajstić information content (AvgIpc) is 3.60. The highest BCUT2D eigenvalue weighted by Gasteiger charge is 2.59. The van der Waals surface area contributed by atoms with Gasteiger partial charge in [0.15, 0.2) is 5.78 Å². The molecule has 1 fully saturated rings. The molecule has 31 heavy (non-hydrogen) atoms. The molecule has 0 aliphatic heterocycles. The topological polar surface area (TPSA) is 35.5 Å². The van der Waals surface area contributed by atoms with E-state index in [9.17, 15) is 4.79 Å². The lowest BCUT2D eigenvalue weighted by Crippen LogP contribution is -2.16. The van der Waals surface area contributed by atoms with Crippen LogP contribution < -0.4 is 9.47 Å². The highest BCUT2D eigenvalue weighted by Crippen LogP contribution is 2.59. The van der Waals surface area contributed by atoms with Crippen molar-refractivity contribution < 1.29 is 14.3 Å². The first-order valence-electron chi connectivity index (χ1n) is 10.6. The first kappa shape index (κ1) is 20.9. The number of carbonyl (C=O) groups is 1. The molecule has 0 saturated heterocycles. The fourth-order valence-electron chi connectivity index (χ4n) is 4.54. The minimum absolute atomic E-state index is 0.0430. The molecule has 4 rings (SSSR count). The molecule has 0 heterocycles. The Hall–Kier alpha value is -3.33. The SMILES string of the molecule is COc1ccc(C(C)/C=C/C(=O)C2CC2(c2ccccc2)c2ccccc2)c(OC)c1. The third-order valence-corrected chi connectivity index (χ3v) is 6.36. The quantitative estimate of drug-likeness (QED) is 0.430. The van der Waals surface area contributed by atoms with Gasteiger partial charge in [0, 0.05) is 28.9 Å². The van der Waals surface area contributed by atoms with Crippen molar-refractivity contribution in [1.82, 2.24) is 0 Å². The second-order valence-electron chi connectivity index (χ2n) is 8.12. The molecule has 1 aliphatic rings. The molecule has 0 radical (unpaired) electrons. The summed E-state index contributed by atoms with van der Waals surface area (Å²) in [6, 6.07) is 26.6. The van der Waals surface area contributed by atoms with Gasteiger partial charge < -0.3 is 9.47 Å². The van der Waals surface area contributed by atoms with Gasteiger partial charge in [-0.05, 0) is 29.7 Å². The first-order chi connectivity index (χ1) is 15.1. The number of ketones is 1. The van der Waals surface area contributed by atoms with Gasteiger partial charge in [-0.1, -0.05) is 79.7 Å². The molecule has 0 bridgehead atoms. The van der Waals surface area contributed by atoms with Gasteiger partial charge in [-0.25, -0.2) is 0 Å². The Kier molecular flexibility index (Phi) is 5.94. The summed E-state index contributed by atoms with van der Waals surface area (Å²) >= 11 is 0. The van der Waals surface area contributed by atoms with Crippen LogP contribution in [-0.2, 0) is 10.2 Å². The van der Waals surface area contributed by atoms with Crippen molar-refractivity contribution in [2.24, 2.45) is 5.92 Å². The summed E-state index contributed by atoms with van der Waals surface area (Å²) in [5.74, 6) is 1.69. The number of hydrogen-bond donors (Lipinski definition) is 0. The maximum absolute atomic E-state index is 13.2. The molecule has 3 nitrogen and oxygen atoms in total. The molecule has 158 valence electrons. The number of ether oxygens (including phenoxy) is 2. The molecule has 2 unspecified atom stereocenters. The lowest BCUT2D eigenvalue weighted by atomic mass is 9.84. The van der Waals surface area contributed by atoms with E-state index < -0.39 is 0 Å². The van der Waals surface area contributed by atoms with E-state index in [0.29, 0.717) is 0 Å². The van der Waals surface area contributed by atoms with E-state index in [0.717, 1.165) is 23.5 Å². The monoisotopic (exact) mass is 412 g/mol. The summed E-state index contributed by atoms with van der Waals surface area (Å²) in [5, 5.41) is 0. The number of carbonyl (C=O) groups excluding carboxylic acids is 1. The van der Waals surface area contributed by atoms with Crippen LogP contribution in [0.1, 0.15) is 36.0 Å². The molecule has 0 spiro atoms. The van der Waals surface area contributed by atoms with Crippen molar-refractivity contribution in [2.45, 2.75) is 24.7 Å². The Morgan fingerprint density at radius 3 is 2.10 bits per heavy atom. The largest absolute Gasteiger partial charge is 0.497 e.